The Bertz CT molecular complexity index is 491. The minimum atomic E-state index is -0.978. The standard InChI is InChI=1S/C14H19F2N3O/c1-19(13(7-17)9-2-3-9)8-14(20)18-10-4-5-11(15)12(16)6-10/h4-6,9,13H,2-3,7-8,17H2,1H3,(H,18,20). The van der Waals surface area contributed by atoms with E-state index in [2.05, 4.69) is 5.32 Å². The molecule has 1 aromatic carbocycles. The highest BCUT2D eigenvalue weighted by Crippen LogP contribution is 2.34. The van der Waals surface area contributed by atoms with Gasteiger partial charge in [0, 0.05) is 24.3 Å². The van der Waals surface area contributed by atoms with Crippen molar-refractivity contribution < 1.29 is 13.6 Å². The number of likely N-dealkylation sites (N-methyl/N-ethyl adjacent to an activating group) is 1. The molecule has 2 rings (SSSR count). The molecule has 1 amide bonds. The summed E-state index contributed by atoms with van der Waals surface area (Å²) < 4.78 is 25.8. The second-order valence-electron chi connectivity index (χ2n) is 5.23. The fraction of sp³-hybridized carbons (Fsp3) is 0.500. The number of benzene rings is 1. The zero-order valence-corrected chi connectivity index (χ0v) is 11.4. The zero-order chi connectivity index (χ0) is 14.7. The van der Waals surface area contributed by atoms with Gasteiger partial charge in [-0.1, -0.05) is 0 Å². The van der Waals surface area contributed by atoms with Crippen LogP contribution < -0.4 is 11.1 Å². The van der Waals surface area contributed by atoms with E-state index >= 15 is 0 Å². The largest absolute Gasteiger partial charge is 0.329 e. The first kappa shape index (κ1) is 14.9. The second-order valence-corrected chi connectivity index (χ2v) is 5.23. The summed E-state index contributed by atoms with van der Waals surface area (Å²) in [6, 6.07) is 3.49. The van der Waals surface area contributed by atoms with E-state index < -0.39 is 11.6 Å². The Morgan fingerprint density at radius 3 is 2.70 bits per heavy atom. The summed E-state index contributed by atoms with van der Waals surface area (Å²) in [5, 5.41) is 2.55. The van der Waals surface area contributed by atoms with Crippen LogP contribution in [0.1, 0.15) is 12.8 Å². The van der Waals surface area contributed by atoms with Crippen molar-refractivity contribution >= 4 is 11.6 Å². The number of rotatable bonds is 6. The summed E-state index contributed by atoms with van der Waals surface area (Å²) in [6.45, 7) is 0.691. The molecule has 0 aliphatic heterocycles. The van der Waals surface area contributed by atoms with Crippen molar-refractivity contribution in [2.75, 3.05) is 25.5 Å². The monoisotopic (exact) mass is 283 g/mol. The number of hydrogen-bond donors (Lipinski definition) is 2. The average molecular weight is 283 g/mol. The van der Waals surface area contributed by atoms with E-state index in [1.54, 1.807) is 0 Å². The summed E-state index contributed by atoms with van der Waals surface area (Å²) in [4.78, 5) is 13.8. The third-order valence-electron chi connectivity index (χ3n) is 3.57. The molecule has 1 atom stereocenters. The van der Waals surface area contributed by atoms with E-state index in [1.165, 1.54) is 6.07 Å². The third kappa shape index (κ3) is 3.74. The number of nitrogens with two attached hydrogens (primary N) is 1. The van der Waals surface area contributed by atoms with Gasteiger partial charge in [-0.05, 0) is 37.9 Å². The van der Waals surface area contributed by atoms with Crippen molar-refractivity contribution in [2.45, 2.75) is 18.9 Å². The summed E-state index contributed by atoms with van der Waals surface area (Å²) in [5.74, 6) is -1.61. The van der Waals surface area contributed by atoms with Gasteiger partial charge in [-0.15, -0.1) is 0 Å². The van der Waals surface area contributed by atoms with Crippen molar-refractivity contribution in [3.63, 3.8) is 0 Å². The summed E-state index contributed by atoms with van der Waals surface area (Å²) >= 11 is 0. The van der Waals surface area contributed by atoms with Crippen molar-refractivity contribution in [3.8, 4) is 0 Å². The first-order valence-electron chi connectivity index (χ1n) is 6.66. The summed E-state index contributed by atoms with van der Waals surface area (Å²) in [5.41, 5.74) is 5.96. The van der Waals surface area contributed by atoms with E-state index in [9.17, 15) is 13.6 Å². The predicted molar refractivity (Wildman–Crippen MR) is 73.2 cm³/mol. The molecule has 0 heterocycles. The van der Waals surface area contributed by atoms with Crippen molar-refractivity contribution in [2.24, 2.45) is 11.7 Å². The van der Waals surface area contributed by atoms with E-state index in [1.807, 2.05) is 11.9 Å². The van der Waals surface area contributed by atoms with Crippen LogP contribution in [0, 0.1) is 17.6 Å². The Hall–Kier alpha value is -1.53. The Kier molecular flexibility index (Phi) is 4.67. The summed E-state index contributed by atoms with van der Waals surface area (Å²) in [6.07, 6.45) is 2.30. The van der Waals surface area contributed by atoms with Crippen LogP contribution in [0.3, 0.4) is 0 Å². The highest BCUT2D eigenvalue weighted by atomic mass is 19.2. The first-order valence-corrected chi connectivity index (χ1v) is 6.66. The van der Waals surface area contributed by atoms with Gasteiger partial charge in [-0.25, -0.2) is 8.78 Å². The van der Waals surface area contributed by atoms with Gasteiger partial charge in [-0.3, -0.25) is 9.69 Å². The lowest BCUT2D eigenvalue weighted by Gasteiger charge is -2.26. The zero-order valence-electron chi connectivity index (χ0n) is 11.4. The van der Waals surface area contributed by atoms with Gasteiger partial charge in [0.15, 0.2) is 11.6 Å². The lowest BCUT2D eigenvalue weighted by molar-refractivity contribution is -0.117. The van der Waals surface area contributed by atoms with Crippen LogP contribution in [0.4, 0.5) is 14.5 Å². The molecule has 1 aromatic rings. The molecule has 1 aliphatic rings. The molecule has 1 aliphatic carbocycles. The molecule has 0 aromatic heterocycles. The van der Waals surface area contributed by atoms with Crippen LogP contribution in [0.5, 0.6) is 0 Å². The minimum Gasteiger partial charge on any atom is -0.329 e. The Balaban J connectivity index is 1.89. The fourth-order valence-electron chi connectivity index (χ4n) is 2.33. The van der Waals surface area contributed by atoms with Gasteiger partial charge < -0.3 is 11.1 Å². The number of carbonyl (C=O) groups is 1. The van der Waals surface area contributed by atoms with Gasteiger partial charge >= 0.3 is 0 Å². The van der Waals surface area contributed by atoms with Crippen LogP contribution in [0.2, 0.25) is 0 Å². The number of nitrogens with one attached hydrogen (secondary N) is 1. The van der Waals surface area contributed by atoms with Gasteiger partial charge in [0.25, 0.3) is 0 Å². The Morgan fingerprint density at radius 1 is 1.45 bits per heavy atom. The molecule has 0 radical (unpaired) electrons. The maximum Gasteiger partial charge on any atom is 0.238 e. The van der Waals surface area contributed by atoms with Crippen LogP contribution in [0.15, 0.2) is 18.2 Å². The van der Waals surface area contributed by atoms with Gasteiger partial charge in [0.2, 0.25) is 5.91 Å². The number of anilines is 1. The Morgan fingerprint density at radius 2 is 2.15 bits per heavy atom. The molecular weight excluding hydrogens is 264 g/mol. The maximum absolute atomic E-state index is 13.0. The third-order valence-corrected chi connectivity index (χ3v) is 3.57. The molecule has 110 valence electrons. The van der Waals surface area contributed by atoms with Gasteiger partial charge in [0.1, 0.15) is 0 Å². The predicted octanol–water partition coefficient (Wildman–Crippen LogP) is 1.57. The molecular formula is C14H19F2N3O. The minimum absolute atomic E-state index is 0.178. The fourth-order valence-corrected chi connectivity index (χ4v) is 2.33. The lowest BCUT2D eigenvalue weighted by Crippen LogP contribution is -2.43. The number of nitrogens with zero attached hydrogens (tertiary/aromatic N) is 1. The van der Waals surface area contributed by atoms with E-state index in [-0.39, 0.29) is 24.2 Å². The molecule has 0 spiro atoms. The van der Waals surface area contributed by atoms with Gasteiger partial charge in [0.05, 0.1) is 6.54 Å². The normalized spacial score (nSPS) is 16.2. The first-order chi connectivity index (χ1) is 9.51. The molecule has 0 saturated heterocycles. The lowest BCUT2D eigenvalue weighted by atomic mass is 10.1. The smallest absolute Gasteiger partial charge is 0.238 e. The van der Waals surface area contributed by atoms with Crippen molar-refractivity contribution in [1.29, 1.82) is 0 Å². The molecule has 1 saturated carbocycles. The topological polar surface area (TPSA) is 58.4 Å². The Labute approximate surface area is 116 Å². The number of hydrogen-bond acceptors (Lipinski definition) is 3. The van der Waals surface area contributed by atoms with Crippen LogP contribution in [-0.2, 0) is 4.79 Å². The molecule has 6 heteroatoms. The molecule has 20 heavy (non-hydrogen) atoms. The molecule has 1 unspecified atom stereocenters. The maximum atomic E-state index is 13.0. The van der Waals surface area contributed by atoms with Crippen LogP contribution >= 0.6 is 0 Å². The van der Waals surface area contributed by atoms with Crippen LogP contribution in [-0.4, -0.2) is 37.0 Å². The average Bonchev–Trinajstić information content (AvgIpc) is 3.19. The molecule has 1 fully saturated rings. The SMILES string of the molecule is CN(CC(=O)Nc1ccc(F)c(F)c1)C(CN)C1CC1. The molecule has 4 nitrogen and oxygen atoms in total. The van der Waals surface area contributed by atoms with E-state index in [4.69, 9.17) is 5.73 Å². The summed E-state index contributed by atoms with van der Waals surface area (Å²) in [7, 11) is 1.85. The molecule has 0 bridgehead atoms. The molecule has 3 N–H and O–H groups in total. The van der Waals surface area contributed by atoms with Crippen molar-refractivity contribution in [3.05, 3.63) is 29.8 Å². The highest BCUT2D eigenvalue weighted by Gasteiger charge is 2.33. The number of amides is 1. The second kappa shape index (κ2) is 6.28. The number of halogens is 2. The van der Waals surface area contributed by atoms with Gasteiger partial charge in [-0.2, -0.15) is 0 Å². The number of carbonyl (C=O) groups excluding carboxylic acids is 1. The van der Waals surface area contributed by atoms with E-state index in [0.29, 0.717) is 12.5 Å². The van der Waals surface area contributed by atoms with Crippen LogP contribution in [0.25, 0.3) is 0 Å². The quantitative estimate of drug-likeness (QED) is 0.833. The highest BCUT2D eigenvalue weighted by molar-refractivity contribution is 5.92. The van der Waals surface area contributed by atoms with E-state index in [0.717, 1.165) is 25.0 Å². The van der Waals surface area contributed by atoms with Crippen molar-refractivity contribution in [1.82, 2.24) is 4.90 Å².